The molecule has 0 fully saturated rings. The molecule has 9 nitrogen and oxygen atoms in total. The zero-order chi connectivity index (χ0) is 24.5. The standard InChI is InChI=1S/C24H28N6O3S/c1-5-20-24(31)29(4)21-15-26-22(28-23(21)30(20)16(2)3)19-11-12-25-13-17(19)14-27-34(32,33)18-9-7-6-8-10-18/h6-13,15-16,20,27H,5,14H2,1-4H3. The van der Waals surface area contributed by atoms with Crippen LogP contribution in [-0.2, 0) is 21.4 Å². The Morgan fingerprint density at radius 2 is 1.85 bits per heavy atom. The van der Waals surface area contributed by atoms with Gasteiger partial charge in [0.05, 0.1) is 11.1 Å². The topological polar surface area (TPSA) is 108 Å². The third kappa shape index (κ3) is 4.38. The van der Waals surface area contributed by atoms with Crippen molar-refractivity contribution in [2.45, 2.75) is 50.7 Å². The lowest BCUT2D eigenvalue weighted by Gasteiger charge is -2.42. The van der Waals surface area contributed by atoms with E-state index in [-0.39, 0.29) is 29.4 Å². The highest BCUT2D eigenvalue weighted by molar-refractivity contribution is 7.89. The van der Waals surface area contributed by atoms with Gasteiger partial charge in [0, 0.05) is 37.6 Å². The maximum atomic E-state index is 12.9. The van der Waals surface area contributed by atoms with E-state index in [9.17, 15) is 13.2 Å². The number of hydrogen-bond acceptors (Lipinski definition) is 7. The Labute approximate surface area is 199 Å². The van der Waals surface area contributed by atoms with Crippen molar-refractivity contribution in [3.05, 3.63) is 60.6 Å². The number of nitrogens with one attached hydrogen (secondary N) is 1. The first kappa shape index (κ1) is 23.8. The quantitative estimate of drug-likeness (QED) is 0.554. The van der Waals surface area contributed by atoms with Crippen molar-refractivity contribution in [2.75, 3.05) is 16.8 Å². The summed E-state index contributed by atoms with van der Waals surface area (Å²) in [7, 11) is -1.95. The van der Waals surface area contributed by atoms with Crippen LogP contribution in [0, 0.1) is 0 Å². The van der Waals surface area contributed by atoms with Crippen LogP contribution in [-0.4, -0.2) is 48.4 Å². The summed E-state index contributed by atoms with van der Waals surface area (Å²) in [5.41, 5.74) is 1.96. The Morgan fingerprint density at radius 3 is 2.53 bits per heavy atom. The van der Waals surface area contributed by atoms with Crippen LogP contribution in [0.5, 0.6) is 0 Å². The number of amides is 1. The van der Waals surface area contributed by atoms with Gasteiger partial charge in [-0.1, -0.05) is 25.1 Å². The van der Waals surface area contributed by atoms with Gasteiger partial charge in [-0.3, -0.25) is 9.78 Å². The summed E-state index contributed by atoms with van der Waals surface area (Å²) >= 11 is 0. The second-order valence-corrected chi connectivity index (χ2v) is 10.2. The van der Waals surface area contributed by atoms with Gasteiger partial charge in [-0.25, -0.2) is 23.1 Å². The third-order valence-corrected chi connectivity index (χ3v) is 7.32. The van der Waals surface area contributed by atoms with E-state index in [1.54, 1.807) is 66.9 Å². The van der Waals surface area contributed by atoms with E-state index in [2.05, 4.69) is 14.7 Å². The third-order valence-electron chi connectivity index (χ3n) is 5.90. The molecule has 10 heteroatoms. The molecule has 3 heterocycles. The average Bonchev–Trinajstić information content (AvgIpc) is 2.85. The molecule has 0 saturated heterocycles. The number of carbonyl (C=O) groups is 1. The van der Waals surface area contributed by atoms with Crippen molar-refractivity contribution in [3.8, 4) is 11.4 Å². The normalized spacial score (nSPS) is 16.1. The summed E-state index contributed by atoms with van der Waals surface area (Å²) in [6, 6.07) is 9.72. The fraction of sp³-hybridized carbons (Fsp3) is 0.333. The van der Waals surface area contributed by atoms with Gasteiger partial charge in [-0.2, -0.15) is 0 Å². The lowest BCUT2D eigenvalue weighted by Crippen LogP contribution is -2.54. The fourth-order valence-electron chi connectivity index (χ4n) is 4.15. The first-order valence-electron chi connectivity index (χ1n) is 11.2. The van der Waals surface area contributed by atoms with Crippen molar-refractivity contribution < 1.29 is 13.2 Å². The molecule has 1 amide bonds. The molecule has 1 aromatic carbocycles. The SMILES string of the molecule is CCC1C(=O)N(C)c2cnc(-c3ccncc3CNS(=O)(=O)c3ccccc3)nc2N1C(C)C. The number of pyridine rings is 1. The monoisotopic (exact) mass is 480 g/mol. The number of fused-ring (bicyclic) bond motifs is 1. The zero-order valence-corrected chi connectivity index (χ0v) is 20.5. The molecule has 0 spiro atoms. The maximum Gasteiger partial charge on any atom is 0.249 e. The highest BCUT2D eigenvalue weighted by Gasteiger charge is 2.38. The van der Waals surface area contributed by atoms with Crippen LogP contribution in [0.25, 0.3) is 11.4 Å². The highest BCUT2D eigenvalue weighted by Crippen LogP contribution is 2.37. The van der Waals surface area contributed by atoms with Gasteiger partial charge in [-0.15, -0.1) is 0 Å². The van der Waals surface area contributed by atoms with Crippen molar-refractivity contribution in [2.24, 2.45) is 0 Å². The van der Waals surface area contributed by atoms with Crippen LogP contribution in [0.1, 0.15) is 32.8 Å². The van der Waals surface area contributed by atoms with Gasteiger partial charge in [0.1, 0.15) is 11.7 Å². The molecule has 0 bridgehead atoms. The lowest BCUT2D eigenvalue weighted by molar-refractivity contribution is -0.120. The Balaban J connectivity index is 1.71. The minimum atomic E-state index is -3.69. The van der Waals surface area contributed by atoms with Crippen LogP contribution >= 0.6 is 0 Å². The lowest BCUT2D eigenvalue weighted by atomic mass is 10.0. The number of benzene rings is 1. The van der Waals surface area contributed by atoms with Gasteiger partial charge in [0.2, 0.25) is 15.9 Å². The van der Waals surface area contributed by atoms with E-state index in [1.165, 1.54) is 0 Å². The first-order chi connectivity index (χ1) is 16.2. The molecule has 4 rings (SSSR count). The summed E-state index contributed by atoms with van der Waals surface area (Å²) in [6.07, 6.45) is 5.53. The molecule has 1 unspecified atom stereocenters. The van der Waals surface area contributed by atoms with Crippen LogP contribution in [0.3, 0.4) is 0 Å². The molecule has 1 N–H and O–H groups in total. The zero-order valence-electron chi connectivity index (χ0n) is 19.6. The molecule has 178 valence electrons. The highest BCUT2D eigenvalue weighted by atomic mass is 32.2. The summed E-state index contributed by atoms with van der Waals surface area (Å²) in [5.74, 6) is 1.14. The number of likely N-dealkylation sites (N-methyl/N-ethyl adjacent to an activating group) is 1. The second kappa shape index (κ2) is 9.47. The average molecular weight is 481 g/mol. The molecule has 2 aromatic heterocycles. The van der Waals surface area contributed by atoms with E-state index in [0.717, 1.165) is 0 Å². The van der Waals surface area contributed by atoms with Gasteiger partial charge in [-0.05, 0) is 44.0 Å². The Morgan fingerprint density at radius 1 is 1.12 bits per heavy atom. The smallest absolute Gasteiger partial charge is 0.249 e. The van der Waals surface area contributed by atoms with Gasteiger partial charge < -0.3 is 9.80 Å². The molecule has 1 aliphatic rings. The minimum absolute atomic E-state index is 0.0139. The predicted octanol–water partition coefficient (Wildman–Crippen LogP) is 2.99. The van der Waals surface area contributed by atoms with Crippen LogP contribution in [0.4, 0.5) is 11.5 Å². The summed E-state index contributed by atoms with van der Waals surface area (Å²) in [6.45, 7) is 6.08. The van der Waals surface area contributed by atoms with Crippen molar-refractivity contribution in [3.63, 3.8) is 0 Å². The molecule has 0 aliphatic carbocycles. The molecule has 0 radical (unpaired) electrons. The van der Waals surface area contributed by atoms with Gasteiger partial charge >= 0.3 is 0 Å². The molecule has 3 aromatic rings. The van der Waals surface area contributed by atoms with Crippen LogP contribution < -0.4 is 14.5 Å². The molecular weight excluding hydrogens is 452 g/mol. The van der Waals surface area contributed by atoms with E-state index in [4.69, 9.17) is 4.98 Å². The number of anilines is 2. The maximum absolute atomic E-state index is 12.9. The van der Waals surface area contributed by atoms with Gasteiger partial charge in [0.25, 0.3) is 0 Å². The van der Waals surface area contributed by atoms with Crippen molar-refractivity contribution >= 4 is 27.4 Å². The van der Waals surface area contributed by atoms with Crippen LogP contribution in [0.15, 0.2) is 59.9 Å². The molecule has 34 heavy (non-hydrogen) atoms. The summed E-state index contributed by atoms with van der Waals surface area (Å²) in [5, 5.41) is 0. The predicted molar refractivity (Wildman–Crippen MR) is 131 cm³/mol. The van der Waals surface area contributed by atoms with E-state index in [0.29, 0.717) is 34.9 Å². The molecule has 0 saturated carbocycles. The Kier molecular flexibility index (Phi) is 6.63. The summed E-state index contributed by atoms with van der Waals surface area (Å²) < 4.78 is 28.0. The number of rotatable bonds is 7. The Hall–Kier alpha value is -3.37. The summed E-state index contributed by atoms with van der Waals surface area (Å²) in [4.78, 5) is 30.3. The minimum Gasteiger partial charge on any atom is -0.340 e. The number of sulfonamides is 1. The number of hydrogen-bond donors (Lipinski definition) is 1. The number of nitrogens with zero attached hydrogens (tertiary/aromatic N) is 5. The first-order valence-corrected chi connectivity index (χ1v) is 12.6. The van der Waals surface area contributed by atoms with Gasteiger partial charge in [0.15, 0.2) is 11.6 Å². The van der Waals surface area contributed by atoms with E-state index in [1.807, 2.05) is 25.7 Å². The molecular formula is C24H28N6O3S. The van der Waals surface area contributed by atoms with E-state index >= 15 is 0 Å². The largest absolute Gasteiger partial charge is 0.340 e. The van der Waals surface area contributed by atoms with Crippen LogP contribution in [0.2, 0.25) is 0 Å². The fourth-order valence-corrected chi connectivity index (χ4v) is 5.18. The van der Waals surface area contributed by atoms with Crippen molar-refractivity contribution in [1.29, 1.82) is 0 Å². The van der Waals surface area contributed by atoms with Crippen molar-refractivity contribution in [1.82, 2.24) is 19.7 Å². The second-order valence-electron chi connectivity index (χ2n) is 8.40. The molecule has 1 atom stereocenters. The number of aromatic nitrogens is 3. The molecule has 1 aliphatic heterocycles. The number of carbonyl (C=O) groups excluding carboxylic acids is 1. The Bertz CT molecular complexity index is 1300. The van der Waals surface area contributed by atoms with E-state index < -0.39 is 10.0 Å².